The molecular formula is C13H15N3O2S. The predicted molar refractivity (Wildman–Crippen MR) is 73.9 cm³/mol. The summed E-state index contributed by atoms with van der Waals surface area (Å²) in [6.45, 7) is 5.76. The fourth-order valence-corrected chi connectivity index (χ4v) is 2.56. The summed E-state index contributed by atoms with van der Waals surface area (Å²) in [4.78, 5) is 19.4. The minimum absolute atomic E-state index is 0.00517. The first kappa shape index (κ1) is 13.6. The molecule has 0 fully saturated rings. The molecule has 0 aliphatic heterocycles. The molecule has 0 saturated heterocycles. The molecule has 0 radical (unpaired) electrons. The number of aromatic nitrogens is 3. The number of hydrogen-bond acceptors (Lipinski definition) is 4. The van der Waals surface area contributed by atoms with Crippen LogP contribution >= 0.6 is 11.8 Å². The van der Waals surface area contributed by atoms with Crippen molar-refractivity contribution in [3.05, 3.63) is 35.4 Å². The lowest BCUT2D eigenvalue weighted by atomic mass is 10.3. The van der Waals surface area contributed by atoms with Crippen LogP contribution in [-0.4, -0.2) is 31.4 Å². The number of carboxylic acid groups (broad SMARTS) is 1. The second-order valence-corrected chi connectivity index (χ2v) is 5.22. The molecule has 100 valence electrons. The van der Waals surface area contributed by atoms with Crippen molar-refractivity contribution in [3.8, 4) is 5.69 Å². The zero-order chi connectivity index (χ0) is 14.0. The van der Waals surface area contributed by atoms with Crippen LogP contribution in [0.15, 0.2) is 23.5 Å². The summed E-state index contributed by atoms with van der Waals surface area (Å²) in [5.74, 6) is -0.856. The van der Waals surface area contributed by atoms with E-state index >= 15 is 0 Å². The number of aliphatic carboxylic acids is 1. The monoisotopic (exact) mass is 277 g/mol. The van der Waals surface area contributed by atoms with Crippen LogP contribution in [0.5, 0.6) is 0 Å². The van der Waals surface area contributed by atoms with Gasteiger partial charge in [0.05, 0.1) is 22.8 Å². The Morgan fingerprint density at radius 3 is 2.63 bits per heavy atom. The first-order valence-electron chi connectivity index (χ1n) is 5.82. The second kappa shape index (κ2) is 5.44. The van der Waals surface area contributed by atoms with Crippen molar-refractivity contribution in [2.45, 2.75) is 25.9 Å². The quantitative estimate of drug-likeness (QED) is 0.869. The van der Waals surface area contributed by atoms with Gasteiger partial charge < -0.3 is 5.11 Å². The van der Waals surface area contributed by atoms with Crippen LogP contribution in [0.1, 0.15) is 17.1 Å². The van der Waals surface area contributed by atoms with Crippen molar-refractivity contribution in [2.24, 2.45) is 0 Å². The van der Waals surface area contributed by atoms with E-state index in [0.29, 0.717) is 5.16 Å². The normalized spacial score (nSPS) is 10.7. The largest absolute Gasteiger partial charge is 0.481 e. The highest BCUT2D eigenvalue weighted by Gasteiger charge is 2.12. The van der Waals surface area contributed by atoms with Gasteiger partial charge in [-0.2, -0.15) is 0 Å². The molecule has 5 nitrogen and oxygen atoms in total. The minimum Gasteiger partial charge on any atom is -0.481 e. The number of carboxylic acids is 1. The van der Waals surface area contributed by atoms with Crippen LogP contribution in [0.4, 0.5) is 0 Å². The molecule has 1 N–H and O–H groups in total. The first-order chi connectivity index (χ1) is 8.97. The molecule has 0 spiro atoms. The smallest absolute Gasteiger partial charge is 0.313 e. The molecule has 0 amide bonds. The van der Waals surface area contributed by atoms with Crippen LogP contribution in [0, 0.1) is 20.8 Å². The van der Waals surface area contributed by atoms with Crippen LogP contribution in [0.2, 0.25) is 0 Å². The highest BCUT2D eigenvalue weighted by Crippen LogP contribution is 2.23. The van der Waals surface area contributed by atoms with Crippen molar-refractivity contribution in [1.29, 1.82) is 0 Å². The van der Waals surface area contributed by atoms with Gasteiger partial charge >= 0.3 is 5.97 Å². The molecule has 2 rings (SSSR count). The summed E-state index contributed by atoms with van der Waals surface area (Å²) in [6, 6.07) is 3.91. The molecule has 0 saturated carbocycles. The summed E-state index contributed by atoms with van der Waals surface area (Å²) in [5, 5.41) is 9.44. The Morgan fingerprint density at radius 1 is 1.26 bits per heavy atom. The van der Waals surface area contributed by atoms with E-state index < -0.39 is 5.97 Å². The first-order valence-corrected chi connectivity index (χ1v) is 6.81. The van der Waals surface area contributed by atoms with E-state index in [1.165, 1.54) is 11.8 Å². The number of carbonyl (C=O) groups is 1. The number of pyridine rings is 1. The standard InChI is InChI=1S/C13H15N3O2S/c1-8-4-5-11(10(3)14-8)16-6-9(2)15-13(16)19-7-12(17)18/h4-6H,7H2,1-3H3,(H,17,18). The fourth-order valence-electron chi connectivity index (χ4n) is 1.81. The molecule has 2 aromatic rings. The average Bonchev–Trinajstić information content (AvgIpc) is 2.67. The molecule has 0 aliphatic carbocycles. The summed E-state index contributed by atoms with van der Waals surface area (Å²) < 4.78 is 1.89. The molecule has 0 bridgehead atoms. The third-order valence-corrected chi connectivity index (χ3v) is 3.51. The Hall–Kier alpha value is -1.82. The maximum absolute atomic E-state index is 10.7. The highest BCUT2D eigenvalue weighted by molar-refractivity contribution is 7.99. The summed E-state index contributed by atoms with van der Waals surface area (Å²) >= 11 is 1.21. The molecule has 19 heavy (non-hydrogen) atoms. The van der Waals surface area contributed by atoms with E-state index in [4.69, 9.17) is 5.11 Å². The van der Waals surface area contributed by atoms with Gasteiger partial charge in [-0.3, -0.25) is 14.3 Å². The van der Waals surface area contributed by atoms with E-state index in [0.717, 1.165) is 22.8 Å². The molecule has 0 aromatic carbocycles. The van der Waals surface area contributed by atoms with Crippen molar-refractivity contribution in [3.63, 3.8) is 0 Å². The molecule has 2 aromatic heterocycles. The summed E-state index contributed by atoms with van der Waals surface area (Å²) in [6.07, 6.45) is 1.89. The van der Waals surface area contributed by atoms with Gasteiger partial charge in [0.15, 0.2) is 5.16 Å². The van der Waals surface area contributed by atoms with E-state index in [9.17, 15) is 4.79 Å². The van der Waals surface area contributed by atoms with Gasteiger partial charge in [-0.25, -0.2) is 4.98 Å². The SMILES string of the molecule is Cc1ccc(-n2cc(C)nc2SCC(=O)O)c(C)n1. The lowest BCUT2D eigenvalue weighted by Crippen LogP contribution is -2.03. The van der Waals surface area contributed by atoms with Crippen LogP contribution < -0.4 is 0 Å². The molecule has 6 heteroatoms. The number of nitrogens with zero attached hydrogens (tertiary/aromatic N) is 3. The van der Waals surface area contributed by atoms with Crippen LogP contribution in [0.25, 0.3) is 5.69 Å². The van der Waals surface area contributed by atoms with Crippen molar-refractivity contribution in [2.75, 3.05) is 5.75 Å². The van der Waals surface area contributed by atoms with Gasteiger partial charge in [0.2, 0.25) is 0 Å². The van der Waals surface area contributed by atoms with Gasteiger partial charge in [-0.15, -0.1) is 0 Å². The lowest BCUT2D eigenvalue weighted by Gasteiger charge is -2.09. The van der Waals surface area contributed by atoms with Crippen molar-refractivity contribution >= 4 is 17.7 Å². The summed E-state index contributed by atoms with van der Waals surface area (Å²) in [7, 11) is 0. The van der Waals surface area contributed by atoms with E-state index in [1.807, 2.05) is 43.7 Å². The van der Waals surface area contributed by atoms with Crippen LogP contribution in [0.3, 0.4) is 0 Å². The fraction of sp³-hybridized carbons (Fsp3) is 0.308. The van der Waals surface area contributed by atoms with Gasteiger partial charge in [-0.05, 0) is 32.9 Å². The third kappa shape index (κ3) is 3.14. The average molecular weight is 277 g/mol. The Kier molecular flexibility index (Phi) is 3.90. The number of imidazole rings is 1. The zero-order valence-electron chi connectivity index (χ0n) is 11.0. The Labute approximate surface area is 115 Å². The Morgan fingerprint density at radius 2 is 2.00 bits per heavy atom. The number of rotatable bonds is 4. The lowest BCUT2D eigenvalue weighted by molar-refractivity contribution is -0.133. The number of thioether (sulfide) groups is 1. The van der Waals surface area contributed by atoms with E-state index in [1.54, 1.807) is 0 Å². The molecular weight excluding hydrogens is 262 g/mol. The number of hydrogen-bond donors (Lipinski definition) is 1. The Bertz CT molecular complexity index is 622. The molecule has 0 unspecified atom stereocenters. The number of aryl methyl sites for hydroxylation is 3. The maximum atomic E-state index is 10.7. The molecule has 0 atom stereocenters. The van der Waals surface area contributed by atoms with E-state index in [2.05, 4.69) is 9.97 Å². The third-order valence-electron chi connectivity index (χ3n) is 2.58. The second-order valence-electron chi connectivity index (χ2n) is 4.27. The topological polar surface area (TPSA) is 68.0 Å². The Balaban J connectivity index is 2.40. The minimum atomic E-state index is -0.851. The van der Waals surface area contributed by atoms with Crippen molar-refractivity contribution in [1.82, 2.24) is 14.5 Å². The van der Waals surface area contributed by atoms with Gasteiger partial charge in [0, 0.05) is 11.9 Å². The highest BCUT2D eigenvalue weighted by atomic mass is 32.2. The summed E-state index contributed by atoms with van der Waals surface area (Å²) in [5.41, 5.74) is 3.64. The zero-order valence-corrected chi connectivity index (χ0v) is 11.9. The van der Waals surface area contributed by atoms with Gasteiger partial charge in [0.25, 0.3) is 0 Å². The molecule has 2 heterocycles. The maximum Gasteiger partial charge on any atom is 0.313 e. The van der Waals surface area contributed by atoms with E-state index in [-0.39, 0.29) is 5.75 Å². The van der Waals surface area contributed by atoms with Gasteiger partial charge in [-0.1, -0.05) is 11.8 Å². The van der Waals surface area contributed by atoms with Crippen LogP contribution in [-0.2, 0) is 4.79 Å². The molecule has 0 aliphatic rings. The van der Waals surface area contributed by atoms with Gasteiger partial charge in [0.1, 0.15) is 0 Å². The van der Waals surface area contributed by atoms with Crippen molar-refractivity contribution < 1.29 is 9.90 Å². The predicted octanol–water partition coefficient (Wildman–Crippen LogP) is 2.37.